The monoisotopic (exact) mass is 238 g/mol. The van der Waals surface area contributed by atoms with Crippen LogP contribution in [-0.2, 0) is 4.79 Å². The highest BCUT2D eigenvalue weighted by atomic mass is 16.2. The SMILES string of the molecule is CCC(C)C1NCN(CCC2CCCC2)C1=O. The molecule has 1 aliphatic heterocycles. The zero-order valence-corrected chi connectivity index (χ0v) is 11.2. The van der Waals surface area contributed by atoms with E-state index in [1.807, 2.05) is 4.90 Å². The second kappa shape index (κ2) is 5.85. The molecule has 0 bridgehead atoms. The number of hydrogen-bond acceptors (Lipinski definition) is 2. The van der Waals surface area contributed by atoms with Gasteiger partial charge in [0.25, 0.3) is 0 Å². The molecule has 2 rings (SSSR count). The first-order chi connectivity index (χ1) is 8.22. The number of amides is 1. The van der Waals surface area contributed by atoms with Crippen molar-refractivity contribution in [3.05, 3.63) is 0 Å². The van der Waals surface area contributed by atoms with Crippen LogP contribution in [0.4, 0.5) is 0 Å². The van der Waals surface area contributed by atoms with E-state index in [9.17, 15) is 4.79 Å². The Labute approximate surface area is 105 Å². The third kappa shape index (κ3) is 3.01. The highest BCUT2D eigenvalue weighted by Gasteiger charge is 2.34. The summed E-state index contributed by atoms with van der Waals surface area (Å²) in [7, 11) is 0. The van der Waals surface area contributed by atoms with Crippen LogP contribution in [0.2, 0.25) is 0 Å². The smallest absolute Gasteiger partial charge is 0.241 e. The van der Waals surface area contributed by atoms with Crippen molar-refractivity contribution >= 4 is 5.91 Å². The van der Waals surface area contributed by atoms with Crippen LogP contribution in [0.25, 0.3) is 0 Å². The molecule has 1 amide bonds. The molecule has 2 fully saturated rings. The van der Waals surface area contributed by atoms with E-state index in [4.69, 9.17) is 0 Å². The number of rotatable bonds is 5. The van der Waals surface area contributed by atoms with Crippen molar-refractivity contribution in [2.45, 2.75) is 58.4 Å². The Balaban J connectivity index is 1.77. The number of nitrogens with one attached hydrogen (secondary N) is 1. The van der Waals surface area contributed by atoms with E-state index >= 15 is 0 Å². The Bertz CT molecular complexity index is 261. The number of hydrogen-bond donors (Lipinski definition) is 1. The summed E-state index contributed by atoms with van der Waals surface area (Å²) in [4.78, 5) is 14.2. The molecular weight excluding hydrogens is 212 g/mol. The predicted molar refractivity (Wildman–Crippen MR) is 69.5 cm³/mol. The maximum absolute atomic E-state index is 12.2. The number of carbonyl (C=O) groups excluding carboxylic acids is 1. The molecule has 0 aromatic carbocycles. The van der Waals surface area contributed by atoms with Gasteiger partial charge in [-0.05, 0) is 18.3 Å². The van der Waals surface area contributed by atoms with Gasteiger partial charge in [0.15, 0.2) is 0 Å². The van der Waals surface area contributed by atoms with Crippen LogP contribution < -0.4 is 5.32 Å². The molecule has 0 aromatic heterocycles. The molecular formula is C14H26N2O. The number of carbonyl (C=O) groups is 1. The molecule has 0 radical (unpaired) electrons. The van der Waals surface area contributed by atoms with Crippen molar-refractivity contribution in [2.75, 3.05) is 13.2 Å². The molecule has 1 N–H and O–H groups in total. The molecule has 98 valence electrons. The molecule has 2 aliphatic rings. The summed E-state index contributed by atoms with van der Waals surface area (Å²) in [5.41, 5.74) is 0. The number of nitrogens with zero attached hydrogens (tertiary/aromatic N) is 1. The van der Waals surface area contributed by atoms with Gasteiger partial charge >= 0.3 is 0 Å². The lowest BCUT2D eigenvalue weighted by Gasteiger charge is -2.19. The summed E-state index contributed by atoms with van der Waals surface area (Å²) in [5, 5.41) is 3.36. The minimum Gasteiger partial charge on any atom is -0.329 e. The van der Waals surface area contributed by atoms with E-state index in [1.54, 1.807) is 0 Å². The van der Waals surface area contributed by atoms with Crippen molar-refractivity contribution < 1.29 is 4.79 Å². The average molecular weight is 238 g/mol. The van der Waals surface area contributed by atoms with E-state index in [2.05, 4.69) is 19.2 Å². The van der Waals surface area contributed by atoms with Gasteiger partial charge in [-0.25, -0.2) is 0 Å². The van der Waals surface area contributed by atoms with Gasteiger partial charge in [-0.1, -0.05) is 46.0 Å². The van der Waals surface area contributed by atoms with E-state index in [-0.39, 0.29) is 6.04 Å². The fraction of sp³-hybridized carbons (Fsp3) is 0.929. The van der Waals surface area contributed by atoms with E-state index in [0.717, 1.165) is 25.6 Å². The van der Waals surface area contributed by atoms with Gasteiger partial charge in [-0.2, -0.15) is 0 Å². The molecule has 1 saturated carbocycles. The van der Waals surface area contributed by atoms with E-state index < -0.39 is 0 Å². The van der Waals surface area contributed by atoms with Gasteiger partial charge in [-0.3, -0.25) is 10.1 Å². The second-order valence-electron chi connectivity index (χ2n) is 5.77. The zero-order valence-electron chi connectivity index (χ0n) is 11.2. The van der Waals surface area contributed by atoms with Crippen molar-refractivity contribution in [2.24, 2.45) is 11.8 Å². The molecule has 17 heavy (non-hydrogen) atoms. The first kappa shape index (κ1) is 12.9. The molecule has 1 heterocycles. The van der Waals surface area contributed by atoms with Gasteiger partial charge in [0.05, 0.1) is 12.7 Å². The van der Waals surface area contributed by atoms with Crippen molar-refractivity contribution in [3.8, 4) is 0 Å². The lowest BCUT2D eigenvalue weighted by molar-refractivity contribution is -0.129. The topological polar surface area (TPSA) is 32.3 Å². The van der Waals surface area contributed by atoms with Crippen LogP contribution in [0.5, 0.6) is 0 Å². The third-order valence-electron chi connectivity index (χ3n) is 4.57. The third-order valence-corrected chi connectivity index (χ3v) is 4.57. The molecule has 0 aromatic rings. The normalized spacial score (nSPS) is 28.0. The van der Waals surface area contributed by atoms with Gasteiger partial charge in [0, 0.05) is 6.54 Å². The van der Waals surface area contributed by atoms with Gasteiger partial charge in [-0.15, -0.1) is 0 Å². The molecule has 0 spiro atoms. The Kier molecular flexibility index (Phi) is 4.43. The van der Waals surface area contributed by atoms with Crippen LogP contribution in [0.15, 0.2) is 0 Å². The fourth-order valence-corrected chi connectivity index (χ4v) is 3.08. The maximum Gasteiger partial charge on any atom is 0.241 e. The molecule has 3 heteroatoms. The minimum atomic E-state index is 0.0728. The Morgan fingerprint density at radius 1 is 1.41 bits per heavy atom. The van der Waals surface area contributed by atoms with Crippen LogP contribution in [0.3, 0.4) is 0 Å². The standard InChI is InChI=1S/C14H26N2O/c1-3-11(2)13-14(17)16(10-15-13)9-8-12-6-4-5-7-12/h11-13,15H,3-10H2,1-2H3. The summed E-state index contributed by atoms with van der Waals surface area (Å²) in [5.74, 6) is 1.67. The molecule has 1 aliphatic carbocycles. The van der Waals surface area contributed by atoms with Gasteiger partial charge < -0.3 is 4.90 Å². The Morgan fingerprint density at radius 3 is 2.76 bits per heavy atom. The van der Waals surface area contributed by atoms with Gasteiger partial charge in [0.1, 0.15) is 0 Å². The first-order valence-electron chi connectivity index (χ1n) is 7.24. The highest BCUT2D eigenvalue weighted by molar-refractivity contribution is 5.84. The summed E-state index contributed by atoms with van der Waals surface area (Å²) < 4.78 is 0. The molecule has 3 nitrogen and oxygen atoms in total. The second-order valence-corrected chi connectivity index (χ2v) is 5.77. The Morgan fingerprint density at radius 2 is 2.12 bits per heavy atom. The maximum atomic E-state index is 12.2. The van der Waals surface area contributed by atoms with Crippen molar-refractivity contribution in [1.82, 2.24) is 10.2 Å². The largest absolute Gasteiger partial charge is 0.329 e. The minimum absolute atomic E-state index is 0.0728. The zero-order chi connectivity index (χ0) is 12.3. The summed E-state index contributed by atoms with van der Waals surface area (Å²) >= 11 is 0. The average Bonchev–Trinajstić information content (AvgIpc) is 2.95. The van der Waals surface area contributed by atoms with E-state index in [1.165, 1.54) is 32.1 Å². The Hall–Kier alpha value is -0.570. The molecule has 2 unspecified atom stereocenters. The van der Waals surface area contributed by atoms with Gasteiger partial charge in [0.2, 0.25) is 5.91 Å². The van der Waals surface area contributed by atoms with Crippen LogP contribution >= 0.6 is 0 Å². The highest BCUT2D eigenvalue weighted by Crippen LogP contribution is 2.28. The lowest BCUT2D eigenvalue weighted by atomic mass is 9.99. The van der Waals surface area contributed by atoms with Crippen molar-refractivity contribution in [3.63, 3.8) is 0 Å². The molecule has 1 saturated heterocycles. The quantitative estimate of drug-likeness (QED) is 0.797. The summed E-state index contributed by atoms with van der Waals surface area (Å²) in [6.45, 7) is 6.04. The molecule has 2 atom stereocenters. The first-order valence-corrected chi connectivity index (χ1v) is 7.24. The van der Waals surface area contributed by atoms with Crippen molar-refractivity contribution in [1.29, 1.82) is 0 Å². The predicted octanol–water partition coefficient (Wildman–Crippen LogP) is 2.37. The van der Waals surface area contributed by atoms with Crippen LogP contribution in [-0.4, -0.2) is 30.1 Å². The summed E-state index contributed by atoms with van der Waals surface area (Å²) in [6.07, 6.45) is 7.83. The van der Waals surface area contributed by atoms with E-state index in [0.29, 0.717) is 11.8 Å². The van der Waals surface area contributed by atoms with Crippen LogP contribution in [0, 0.1) is 11.8 Å². The van der Waals surface area contributed by atoms with Crippen LogP contribution in [0.1, 0.15) is 52.4 Å². The fourth-order valence-electron chi connectivity index (χ4n) is 3.08. The lowest BCUT2D eigenvalue weighted by Crippen LogP contribution is -2.36. The summed E-state index contributed by atoms with van der Waals surface area (Å²) in [6, 6.07) is 0.0728.